The fourth-order valence-electron chi connectivity index (χ4n) is 4.37. The second kappa shape index (κ2) is 7.95. The van der Waals surface area contributed by atoms with Gasteiger partial charge in [-0.2, -0.15) is 0 Å². The summed E-state index contributed by atoms with van der Waals surface area (Å²) in [6.45, 7) is 6.16. The van der Waals surface area contributed by atoms with E-state index in [2.05, 4.69) is 4.98 Å². The SMILES string of the molecule is Cc1cc(CO)c(-c2ccc(C(CN)C(C)C)c(F)c2)c2c1[nH]c(=O)c1sccc12. The zero-order valence-electron chi connectivity index (χ0n) is 17.3. The van der Waals surface area contributed by atoms with Gasteiger partial charge in [0, 0.05) is 16.7 Å². The highest BCUT2D eigenvalue weighted by Gasteiger charge is 2.21. The molecule has 1 unspecified atom stereocenters. The molecule has 156 valence electrons. The van der Waals surface area contributed by atoms with Gasteiger partial charge in [0.1, 0.15) is 10.5 Å². The summed E-state index contributed by atoms with van der Waals surface area (Å²) in [6.07, 6.45) is 0. The number of pyridine rings is 1. The van der Waals surface area contributed by atoms with Gasteiger partial charge in [-0.05, 0) is 64.7 Å². The Balaban J connectivity index is 2.06. The van der Waals surface area contributed by atoms with Crippen LogP contribution in [0, 0.1) is 18.7 Å². The van der Waals surface area contributed by atoms with Crippen LogP contribution in [0.4, 0.5) is 4.39 Å². The van der Waals surface area contributed by atoms with Crippen LogP contribution in [-0.4, -0.2) is 16.6 Å². The van der Waals surface area contributed by atoms with E-state index in [0.29, 0.717) is 33.5 Å². The predicted octanol–water partition coefficient (Wildman–Crippen LogP) is 5.05. The fraction of sp³-hybridized carbons (Fsp3) is 0.292. The minimum absolute atomic E-state index is 0.0638. The minimum Gasteiger partial charge on any atom is -0.392 e. The van der Waals surface area contributed by atoms with Crippen molar-refractivity contribution in [2.45, 2.75) is 33.3 Å². The van der Waals surface area contributed by atoms with E-state index in [0.717, 1.165) is 21.9 Å². The van der Waals surface area contributed by atoms with Gasteiger partial charge in [-0.15, -0.1) is 11.3 Å². The number of aliphatic hydroxyl groups is 1. The number of hydrogen-bond donors (Lipinski definition) is 3. The molecule has 0 fully saturated rings. The molecule has 6 heteroatoms. The normalized spacial score (nSPS) is 12.9. The first-order valence-corrected chi connectivity index (χ1v) is 10.9. The van der Waals surface area contributed by atoms with E-state index >= 15 is 4.39 Å². The molecule has 0 saturated heterocycles. The highest BCUT2D eigenvalue weighted by Crippen LogP contribution is 2.39. The summed E-state index contributed by atoms with van der Waals surface area (Å²) in [5.74, 6) is -0.148. The largest absolute Gasteiger partial charge is 0.392 e. The molecule has 1 atom stereocenters. The van der Waals surface area contributed by atoms with E-state index in [9.17, 15) is 9.90 Å². The molecule has 0 aliphatic carbocycles. The average molecular weight is 425 g/mol. The maximum Gasteiger partial charge on any atom is 0.266 e. The Morgan fingerprint density at radius 1 is 1.23 bits per heavy atom. The minimum atomic E-state index is -0.305. The Morgan fingerprint density at radius 3 is 2.63 bits per heavy atom. The summed E-state index contributed by atoms with van der Waals surface area (Å²) in [6, 6.07) is 8.97. The first kappa shape index (κ1) is 20.7. The third-order valence-corrected chi connectivity index (χ3v) is 6.82. The summed E-state index contributed by atoms with van der Waals surface area (Å²) in [7, 11) is 0. The van der Waals surface area contributed by atoms with Gasteiger partial charge in [-0.3, -0.25) is 4.79 Å². The van der Waals surface area contributed by atoms with Crippen LogP contribution in [0.2, 0.25) is 0 Å². The van der Waals surface area contributed by atoms with Crippen molar-refractivity contribution in [1.29, 1.82) is 0 Å². The van der Waals surface area contributed by atoms with E-state index in [1.165, 1.54) is 17.4 Å². The molecule has 4 rings (SSSR count). The van der Waals surface area contributed by atoms with Crippen molar-refractivity contribution in [2.24, 2.45) is 11.7 Å². The van der Waals surface area contributed by atoms with E-state index in [4.69, 9.17) is 5.73 Å². The molecule has 30 heavy (non-hydrogen) atoms. The highest BCUT2D eigenvalue weighted by molar-refractivity contribution is 7.17. The van der Waals surface area contributed by atoms with E-state index in [1.54, 1.807) is 6.07 Å². The van der Waals surface area contributed by atoms with Crippen LogP contribution < -0.4 is 11.3 Å². The topological polar surface area (TPSA) is 79.1 Å². The maximum absolute atomic E-state index is 15.2. The lowest BCUT2D eigenvalue weighted by molar-refractivity contribution is 0.282. The van der Waals surface area contributed by atoms with Gasteiger partial charge in [0.05, 0.1) is 12.1 Å². The summed E-state index contributed by atoms with van der Waals surface area (Å²) < 4.78 is 15.8. The van der Waals surface area contributed by atoms with Gasteiger partial charge >= 0.3 is 0 Å². The number of H-pyrrole nitrogens is 1. The zero-order chi connectivity index (χ0) is 21.6. The molecule has 4 aromatic rings. The molecule has 0 aliphatic rings. The van der Waals surface area contributed by atoms with E-state index in [1.807, 2.05) is 44.4 Å². The molecule has 2 aromatic heterocycles. The Kier molecular flexibility index (Phi) is 5.49. The molecule has 0 amide bonds. The number of benzene rings is 2. The Bertz CT molecular complexity index is 1310. The summed E-state index contributed by atoms with van der Waals surface area (Å²) in [4.78, 5) is 15.5. The van der Waals surface area contributed by atoms with Crippen molar-refractivity contribution < 1.29 is 9.50 Å². The lowest BCUT2D eigenvalue weighted by Crippen LogP contribution is -2.19. The number of aromatic amines is 1. The third kappa shape index (κ3) is 3.25. The zero-order valence-corrected chi connectivity index (χ0v) is 18.1. The number of aryl methyl sites for hydroxylation is 1. The predicted molar refractivity (Wildman–Crippen MR) is 123 cm³/mol. The number of fused-ring (bicyclic) bond motifs is 3. The fourth-order valence-corrected chi connectivity index (χ4v) is 5.16. The van der Waals surface area contributed by atoms with Crippen molar-refractivity contribution in [2.75, 3.05) is 6.54 Å². The van der Waals surface area contributed by atoms with Gasteiger partial charge in [-0.25, -0.2) is 4.39 Å². The monoisotopic (exact) mass is 424 g/mol. The number of rotatable bonds is 5. The number of thiophene rings is 1. The van der Waals surface area contributed by atoms with E-state index in [-0.39, 0.29) is 29.8 Å². The van der Waals surface area contributed by atoms with Crippen LogP contribution in [-0.2, 0) is 6.61 Å². The van der Waals surface area contributed by atoms with Crippen LogP contribution >= 0.6 is 11.3 Å². The Morgan fingerprint density at radius 2 is 2.00 bits per heavy atom. The van der Waals surface area contributed by atoms with Crippen LogP contribution in [0.15, 0.2) is 40.5 Å². The third-order valence-electron chi connectivity index (χ3n) is 5.90. The molecule has 4 nitrogen and oxygen atoms in total. The molecular formula is C24H25FN2O2S. The van der Waals surface area contributed by atoms with E-state index < -0.39 is 0 Å². The Labute approximate surface area is 178 Å². The first-order chi connectivity index (χ1) is 14.4. The van der Waals surface area contributed by atoms with Crippen LogP contribution in [0.25, 0.3) is 32.1 Å². The standard InChI is InChI=1S/C24H25FN2O2S/c1-12(2)18(10-26)16-5-4-14(9-19(16)25)20-15(11-28)8-13(3)22-21(20)17-6-7-30-23(17)24(29)27-22/h4-9,12,18,28H,10-11,26H2,1-3H3,(H,27,29). The summed E-state index contributed by atoms with van der Waals surface area (Å²) >= 11 is 1.37. The van der Waals surface area contributed by atoms with Crippen molar-refractivity contribution in [1.82, 2.24) is 4.98 Å². The number of nitrogens with one attached hydrogen (secondary N) is 1. The summed E-state index contributed by atoms with van der Waals surface area (Å²) in [5.41, 5.74) is 10.1. The molecule has 4 N–H and O–H groups in total. The molecule has 0 aliphatic heterocycles. The van der Waals surface area contributed by atoms with Crippen molar-refractivity contribution in [3.8, 4) is 11.1 Å². The molecular weight excluding hydrogens is 399 g/mol. The van der Waals surface area contributed by atoms with Crippen LogP contribution in [0.1, 0.15) is 36.5 Å². The second-order valence-corrected chi connectivity index (χ2v) is 8.99. The second-order valence-electron chi connectivity index (χ2n) is 8.08. The Hall–Kier alpha value is -2.54. The average Bonchev–Trinajstić information content (AvgIpc) is 3.20. The quantitative estimate of drug-likeness (QED) is 0.420. The number of halogens is 1. The molecule has 0 bridgehead atoms. The lowest BCUT2D eigenvalue weighted by atomic mass is 9.86. The highest BCUT2D eigenvalue weighted by atomic mass is 32.1. The lowest BCUT2D eigenvalue weighted by Gasteiger charge is -2.21. The number of hydrogen-bond acceptors (Lipinski definition) is 4. The van der Waals surface area contributed by atoms with Gasteiger partial charge < -0.3 is 15.8 Å². The van der Waals surface area contributed by atoms with Crippen molar-refractivity contribution in [3.05, 3.63) is 68.6 Å². The van der Waals surface area contributed by atoms with Crippen LogP contribution in [0.3, 0.4) is 0 Å². The van der Waals surface area contributed by atoms with Gasteiger partial charge in [0.2, 0.25) is 0 Å². The van der Waals surface area contributed by atoms with Crippen LogP contribution in [0.5, 0.6) is 0 Å². The molecule has 2 heterocycles. The first-order valence-electron chi connectivity index (χ1n) is 10.0. The molecule has 2 aromatic carbocycles. The number of nitrogens with two attached hydrogens (primary N) is 1. The smallest absolute Gasteiger partial charge is 0.266 e. The van der Waals surface area contributed by atoms with Crippen molar-refractivity contribution in [3.63, 3.8) is 0 Å². The number of aliphatic hydroxyl groups excluding tert-OH is 1. The molecule has 0 spiro atoms. The van der Waals surface area contributed by atoms with Gasteiger partial charge in [0.15, 0.2) is 0 Å². The molecule has 0 saturated carbocycles. The van der Waals surface area contributed by atoms with Gasteiger partial charge in [-0.1, -0.05) is 32.0 Å². The number of aromatic nitrogens is 1. The van der Waals surface area contributed by atoms with Gasteiger partial charge in [0.25, 0.3) is 5.56 Å². The van der Waals surface area contributed by atoms with Crippen molar-refractivity contribution >= 4 is 32.3 Å². The molecule has 0 radical (unpaired) electrons. The summed E-state index contributed by atoms with van der Waals surface area (Å²) in [5, 5.41) is 13.6. The maximum atomic E-state index is 15.2.